The van der Waals surface area contributed by atoms with Gasteiger partial charge in [0.05, 0.1) is 12.2 Å². The molecule has 0 bridgehead atoms. The fourth-order valence-corrected chi connectivity index (χ4v) is 2.88. The van der Waals surface area contributed by atoms with Crippen LogP contribution in [-0.4, -0.2) is 27.6 Å². The second kappa shape index (κ2) is 8.73. The van der Waals surface area contributed by atoms with Crippen molar-refractivity contribution in [1.29, 1.82) is 0 Å². The Bertz CT molecular complexity index is 889. The van der Waals surface area contributed by atoms with Crippen molar-refractivity contribution in [2.45, 2.75) is 26.6 Å². The first kappa shape index (κ1) is 19.0. The zero-order valence-corrected chi connectivity index (χ0v) is 16.2. The van der Waals surface area contributed by atoms with E-state index in [0.29, 0.717) is 23.7 Å². The topological polar surface area (TPSA) is 47.4 Å². The fraction of sp³-hybridized carbons (Fsp3) is 0.238. The molecule has 1 heterocycles. The summed E-state index contributed by atoms with van der Waals surface area (Å²) in [5.41, 5.74) is 2.66. The van der Waals surface area contributed by atoms with Gasteiger partial charge in [-0.25, -0.2) is 0 Å². The number of amides is 1. The molecule has 2 aromatic carbocycles. The molecule has 6 heteroatoms. The molecule has 27 heavy (non-hydrogen) atoms. The van der Waals surface area contributed by atoms with Crippen molar-refractivity contribution in [1.82, 2.24) is 14.7 Å². The van der Waals surface area contributed by atoms with E-state index >= 15 is 0 Å². The fourth-order valence-electron chi connectivity index (χ4n) is 2.76. The van der Waals surface area contributed by atoms with Crippen molar-refractivity contribution < 1.29 is 9.53 Å². The van der Waals surface area contributed by atoms with E-state index in [4.69, 9.17) is 16.3 Å². The maximum absolute atomic E-state index is 12.6. The predicted octanol–water partition coefficient (Wildman–Crippen LogP) is 4.41. The minimum Gasteiger partial charge on any atom is -0.489 e. The highest BCUT2D eigenvalue weighted by Gasteiger charge is 2.14. The number of halogens is 1. The van der Waals surface area contributed by atoms with Gasteiger partial charge in [0.1, 0.15) is 12.4 Å². The molecular formula is C21H22ClN3O2. The number of nitrogens with zero attached hydrogens (tertiary/aromatic N) is 3. The average Bonchev–Trinajstić information content (AvgIpc) is 3.14. The molecule has 0 N–H and O–H groups in total. The first-order valence-corrected chi connectivity index (χ1v) is 9.18. The minimum atomic E-state index is -0.0241. The predicted molar refractivity (Wildman–Crippen MR) is 106 cm³/mol. The molecule has 0 saturated carbocycles. The standard InChI is InChI=1S/C21H22ClN3O2/c1-3-25-19(12-13-23-25)14-24(2)21(26)17-6-4-16(5-7-17)15-27-20-10-8-18(22)9-11-20/h4-13H,3,14-15H2,1-2H3. The van der Waals surface area contributed by atoms with Crippen LogP contribution in [-0.2, 0) is 19.7 Å². The monoisotopic (exact) mass is 383 g/mol. The number of carbonyl (C=O) groups is 1. The number of rotatable bonds is 7. The summed E-state index contributed by atoms with van der Waals surface area (Å²) >= 11 is 5.87. The number of hydrogen-bond donors (Lipinski definition) is 0. The van der Waals surface area contributed by atoms with Gasteiger partial charge in [0.15, 0.2) is 0 Å². The van der Waals surface area contributed by atoms with E-state index in [0.717, 1.165) is 23.6 Å². The van der Waals surface area contributed by atoms with Crippen molar-refractivity contribution in [3.05, 3.63) is 82.6 Å². The third kappa shape index (κ3) is 4.89. The van der Waals surface area contributed by atoms with E-state index in [-0.39, 0.29) is 5.91 Å². The smallest absolute Gasteiger partial charge is 0.253 e. The Kier molecular flexibility index (Phi) is 6.14. The maximum Gasteiger partial charge on any atom is 0.253 e. The molecule has 140 valence electrons. The van der Waals surface area contributed by atoms with Gasteiger partial charge in [0.25, 0.3) is 5.91 Å². The molecule has 0 saturated heterocycles. The highest BCUT2D eigenvalue weighted by atomic mass is 35.5. The summed E-state index contributed by atoms with van der Waals surface area (Å²) in [7, 11) is 1.80. The number of aryl methyl sites for hydroxylation is 1. The highest BCUT2D eigenvalue weighted by Crippen LogP contribution is 2.17. The maximum atomic E-state index is 12.6. The molecule has 1 amide bonds. The van der Waals surface area contributed by atoms with Gasteiger partial charge in [-0.2, -0.15) is 5.10 Å². The van der Waals surface area contributed by atoms with Crippen molar-refractivity contribution in [3.8, 4) is 5.75 Å². The Labute approximate surface area is 164 Å². The van der Waals surface area contributed by atoms with Gasteiger partial charge in [-0.15, -0.1) is 0 Å². The molecule has 0 aliphatic rings. The molecule has 5 nitrogen and oxygen atoms in total. The van der Waals surface area contributed by atoms with Crippen LogP contribution < -0.4 is 4.74 Å². The molecule has 0 atom stereocenters. The van der Waals surface area contributed by atoms with Crippen LogP contribution in [0.1, 0.15) is 28.5 Å². The molecular weight excluding hydrogens is 362 g/mol. The van der Waals surface area contributed by atoms with Crippen molar-refractivity contribution in [2.75, 3.05) is 7.05 Å². The van der Waals surface area contributed by atoms with Crippen LogP contribution in [0.25, 0.3) is 0 Å². The summed E-state index contributed by atoms with van der Waals surface area (Å²) in [5.74, 6) is 0.732. The highest BCUT2D eigenvalue weighted by molar-refractivity contribution is 6.30. The van der Waals surface area contributed by atoms with Crippen molar-refractivity contribution >= 4 is 17.5 Å². The van der Waals surface area contributed by atoms with E-state index in [1.165, 1.54) is 0 Å². The molecule has 0 spiro atoms. The summed E-state index contributed by atoms with van der Waals surface area (Å²) in [5, 5.41) is 4.92. The quantitative estimate of drug-likeness (QED) is 0.607. The van der Waals surface area contributed by atoms with Gasteiger partial charge in [0.2, 0.25) is 0 Å². The molecule has 0 aliphatic carbocycles. The summed E-state index contributed by atoms with van der Waals surface area (Å²) < 4.78 is 7.62. The summed E-state index contributed by atoms with van der Waals surface area (Å²) in [6.45, 7) is 3.77. The Morgan fingerprint density at radius 1 is 1.11 bits per heavy atom. The van der Waals surface area contributed by atoms with Gasteiger partial charge in [-0.05, 0) is 55.0 Å². The number of ether oxygens (including phenoxy) is 1. The molecule has 0 radical (unpaired) electrons. The molecule has 1 aromatic heterocycles. The Morgan fingerprint density at radius 3 is 2.48 bits per heavy atom. The van der Waals surface area contributed by atoms with Gasteiger partial charge in [-0.1, -0.05) is 23.7 Å². The van der Waals surface area contributed by atoms with Crippen molar-refractivity contribution in [3.63, 3.8) is 0 Å². The number of carbonyl (C=O) groups excluding carboxylic acids is 1. The van der Waals surface area contributed by atoms with E-state index in [9.17, 15) is 4.79 Å². The summed E-state index contributed by atoms with van der Waals surface area (Å²) in [4.78, 5) is 14.3. The zero-order valence-electron chi connectivity index (χ0n) is 15.4. The Hall–Kier alpha value is -2.79. The van der Waals surface area contributed by atoms with Gasteiger partial charge in [0, 0.05) is 30.4 Å². The van der Waals surface area contributed by atoms with Crippen LogP contribution in [0.3, 0.4) is 0 Å². The lowest BCUT2D eigenvalue weighted by molar-refractivity contribution is 0.0781. The second-order valence-corrected chi connectivity index (χ2v) is 6.68. The lowest BCUT2D eigenvalue weighted by Gasteiger charge is -2.18. The third-order valence-corrected chi connectivity index (χ3v) is 4.52. The Morgan fingerprint density at radius 2 is 1.81 bits per heavy atom. The van der Waals surface area contributed by atoms with Gasteiger partial charge < -0.3 is 9.64 Å². The Balaban J connectivity index is 1.58. The molecule has 3 aromatic rings. The van der Waals surface area contributed by atoms with Crippen LogP contribution in [0.4, 0.5) is 0 Å². The SMILES string of the molecule is CCn1nccc1CN(C)C(=O)c1ccc(COc2ccc(Cl)cc2)cc1. The summed E-state index contributed by atoms with van der Waals surface area (Å²) in [6, 6.07) is 16.7. The van der Waals surface area contributed by atoms with Crippen LogP contribution in [0, 0.1) is 0 Å². The second-order valence-electron chi connectivity index (χ2n) is 6.24. The summed E-state index contributed by atoms with van der Waals surface area (Å²) in [6.07, 6.45) is 1.76. The lowest BCUT2D eigenvalue weighted by atomic mass is 10.1. The number of aromatic nitrogens is 2. The van der Waals surface area contributed by atoms with Crippen LogP contribution in [0.2, 0.25) is 5.02 Å². The first-order chi connectivity index (χ1) is 13.1. The first-order valence-electron chi connectivity index (χ1n) is 8.80. The van der Waals surface area contributed by atoms with E-state index in [1.54, 1.807) is 30.3 Å². The largest absolute Gasteiger partial charge is 0.489 e. The van der Waals surface area contributed by atoms with E-state index < -0.39 is 0 Å². The molecule has 0 aliphatic heterocycles. The lowest BCUT2D eigenvalue weighted by Crippen LogP contribution is -2.27. The van der Waals surface area contributed by atoms with Crippen LogP contribution in [0.15, 0.2) is 60.8 Å². The van der Waals surface area contributed by atoms with Crippen LogP contribution >= 0.6 is 11.6 Å². The molecule has 0 unspecified atom stereocenters. The van der Waals surface area contributed by atoms with E-state index in [1.807, 2.05) is 54.1 Å². The molecule has 0 fully saturated rings. The van der Waals surface area contributed by atoms with Crippen molar-refractivity contribution in [2.24, 2.45) is 0 Å². The number of benzene rings is 2. The third-order valence-electron chi connectivity index (χ3n) is 4.27. The molecule has 3 rings (SSSR count). The zero-order chi connectivity index (χ0) is 19.2. The minimum absolute atomic E-state index is 0.0241. The van der Waals surface area contributed by atoms with Crippen LogP contribution in [0.5, 0.6) is 5.75 Å². The van der Waals surface area contributed by atoms with Gasteiger partial charge in [-0.3, -0.25) is 9.48 Å². The number of hydrogen-bond acceptors (Lipinski definition) is 3. The van der Waals surface area contributed by atoms with E-state index in [2.05, 4.69) is 5.10 Å². The van der Waals surface area contributed by atoms with Gasteiger partial charge >= 0.3 is 0 Å². The average molecular weight is 384 g/mol. The normalized spacial score (nSPS) is 10.6.